The molecule has 34 heavy (non-hydrogen) atoms. The molecule has 1 aromatic heterocycles. The van der Waals surface area contributed by atoms with Crippen molar-refractivity contribution >= 4 is 34.0 Å². The van der Waals surface area contributed by atoms with Crippen molar-refractivity contribution in [3.8, 4) is 22.8 Å². The highest BCUT2D eigenvalue weighted by Crippen LogP contribution is 2.35. The zero-order valence-electron chi connectivity index (χ0n) is 18.0. The van der Waals surface area contributed by atoms with Crippen LogP contribution in [0.25, 0.3) is 11.3 Å². The summed E-state index contributed by atoms with van der Waals surface area (Å²) in [7, 11) is 2.57. The summed E-state index contributed by atoms with van der Waals surface area (Å²) in [6.07, 6.45) is -1.35. The summed E-state index contributed by atoms with van der Waals surface area (Å²) in [6.45, 7) is 1.27. The fraction of sp³-hybridized carbons (Fsp3) is 0.190. The zero-order valence-corrected chi connectivity index (χ0v) is 18.8. The van der Waals surface area contributed by atoms with Crippen molar-refractivity contribution < 1.29 is 37.5 Å². The lowest BCUT2D eigenvalue weighted by atomic mass is 10.1. The molecule has 1 N–H and O–H groups in total. The molecule has 10 nitrogen and oxygen atoms in total. The average molecular weight is 493 g/mol. The third-order valence-corrected chi connectivity index (χ3v) is 5.28. The van der Waals surface area contributed by atoms with Gasteiger partial charge in [-0.25, -0.2) is 18.6 Å². The molecule has 0 saturated carbocycles. The molecule has 0 saturated heterocycles. The number of aromatic nitrogens is 1. The van der Waals surface area contributed by atoms with Crippen LogP contribution in [0.3, 0.4) is 0 Å². The van der Waals surface area contributed by atoms with Gasteiger partial charge in [0, 0.05) is 17.0 Å². The van der Waals surface area contributed by atoms with Gasteiger partial charge in [0.05, 0.1) is 30.9 Å². The normalized spacial score (nSPS) is 11.4. The number of hydrogen-bond donors (Lipinski definition) is 1. The highest BCUT2D eigenvalue weighted by Gasteiger charge is 2.28. The Morgan fingerprint density at radius 1 is 1.12 bits per heavy atom. The first kappa shape index (κ1) is 24.5. The van der Waals surface area contributed by atoms with Crippen LogP contribution >= 0.6 is 11.3 Å². The maximum Gasteiger partial charge on any atom is 0.346 e. The number of carbonyl (C=O) groups is 2. The van der Waals surface area contributed by atoms with E-state index in [0.29, 0.717) is 11.3 Å². The molecule has 0 aliphatic carbocycles. The van der Waals surface area contributed by atoms with E-state index in [4.69, 9.17) is 14.2 Å². The van der Waals surface area contributed by atoms with Crippen molar-refractivity contribution in [3.63, 3.8) is 0 Å². The van der Waals surface area contributed by atoms with Gasteiger partial charge < -0.3 is 14.2 Å². The van der Waals surface area contributed by atoms with Gasteiger partial charge in [0.2, 0.25) is 0 Å². The molecule has 0 aliphatic rings. The Morgan fingerprint density at radius 2 is 1.79 bits per heavy atom. The van der Waals surface area contributed by atoms with Gasteiger partial charge in [-0.05, 0) is 25.1 Å². The van der Waals surface area contributed by atoms with Gasteiger partial charge in [0.1, 0.15) is 5.56 Å². The third kappa shape index (κ3) is 5.26. The van der Waals surface area contributed by atoms with Gasteiger partial charge in [-0.2, -0.15) is 0 Å². The molecule has 2 aromatic carbocycles. The minimum absolute atomic E-state index is 0.0390. The summed E-state index contributed by atoms with van der Waals surface area (Å²) in [5.74, 6) is -3.83. The number of rotatable bonds is 8. The smallest absolute Gasteiger partial charge is 0.346 e. The summed E-state index contributed by atoms with van der Waals surface area (Å²) >= 11 is 1.01. The molecular weight excluding hydrogens is 476 g/mol. The predicted molar refractivity (Wildman–Crippen MR) is 117 cm³/mol. The molecule has 1 amide bonds. The van der Waals surface area contributed by atoms with Gasteiger partial charge in [0.15, 0.2) is 34.4 Å². The van der Waals surface area contributed by atoms with Crippen molar-refractivity contribution in [1.82, 2.24) is 4.98 Å². The second-order valence-electron chi connectivity index (χ2n) is 6.69. The fourth-order valence-electron chi connectivity index (χ4n) is 2.79. The van der Waals surface area contributed by atoms with E-state index in [-0.39, 0.29) is 16.6 Å². The molecule has 0 bridgehead atoms. The average Bonchev–Trinajstić information content (AvgIpc) is 3.27. The van der Waals surface area contributed by atoms with Crippen LogP contribution in [0, 0.1) is 21.7 Å². The van der Waals surface area contributed by atoms with E-state index >= 15 is 0 Å². The highest BCUT2D eigenvalue weighted by atomic mass is 32.1. The number of esters is 1. The van der Waals surface area contributed by atoms with Gasteiger partial charge in [-0.3, -0.25) is 20.2 Å². The van der Waals surface area contributed by atoms with E-state index < -0.39 is 45.8 Å². The number of halogens is 2. The number of amides is 1. The van der Waals surface area contributed by atoms with E-state index in [1.807, 2.05) is 0 Å². The van der Waals surface area contributed by atoms with Crippen LogP contribution in [0.15, 0.2) is 35.7 Å². The van der Waals surface area contributed by atoms with Crippen LogP contribution in [0.4, 0.5) is 19.6 Å². The van der Waals surface area contributed by atoms with Crippen LogP contribution < -0.4 is 14.8 Å². The van der Waals surface area contributed by atoms with Crippen molar-refractivity contribution in [2.75, 3.05) is 19.5 Å². The molecule has 1 unspecified atom stereocenters. The van der Waals surface area contributed by atoms with Gasteiger partial charge in [-0.15, -0.1) is 11.3 Å². The van der Waals surface area contributed by atoms with Crippen LogP contribution in [0.5, 0.6) is 11.5 Å². The van der Waals surface area contributed by atoms with Crippen molar-refractivity contribution in [3.05, 3.63) is 63.0 Å². The Kier molecular flexibility index (Phi) is 7.36. The van der Waals surface area contributed by atoms with E-state index in [1.165, 1.54) is 32.6 Å². The molecule has 3 rings (SSSR count). The number of methoxy groups -OCH3 is 2. The van der Waals surface area contributed by atoms with Crippen molar-refractivity contribution in [1.29, 1.82) is 0 Å². The van der Waals surface area contributed by atoms with E-state index in [9.17, 15) is 28.5 Å². The van der Waals surface area contributed by atoms with Crippen LogP contribution in [0.2, 0.25) is 0 Å². The second kappa shape index (κ2) is 10.2. The van der Waals surface area contributed by atoms with Crippen molar-refractivity contribution in [2.24, 2.45) is 0 Å². The van der Waals surface area contributed by atoms with Gasteiger partial charge in [0.25, 0.3) is 11.6 Å². The predicted octanol–water partition coefficient (Wildman–Crippen LogP) is 4.20. The van der Waals surface area contributed by atoms with E-state index in [2.05, 4.69) is 10.3 Å². The largest absolute Gasteiger partial charge is 0.493 e. The monoisotopic (exact) mass is 493 g/mol. The summed E-state index contributed by atoms with van der Waals surface area (Å²) in [5.41, 5.74) is -0.427. The summed E-state index contributed by atoms with van der Waals surface area (Å²) in [6, 6.07) is 5.35. The topological polar surface area (TPSA) is 130 Å². The Labute approximate surface area is 195 Å². The standard InChI is InChI=1S/C21H17F2N3O7S/c1-10(33-20(28)12-7-17(31-2)18(32-3)8-16(12)26(29)30)19(27)25-21-24-15(9-34-21)11-4-5-13(22)14(23)6-11/h4-10H,1-3H3,(H,24,25,27). The highest BCUT2D eigenvalue weighted by molar-refractivity contribution is 7.14. The number of nitro benzene ring substituents is 1. The number of benzene rings is 2. The zero-order chi connectivity index (χ0) is 25.0. The van der Waals surface area contributed by atoms with Crippen LogP contribution in [0.1, 0.15) is 17.3 Å². The van der Waals surface area contributed by atoms with Gasteiger partial charge >= 0.3 is 5.97 Å². The van der Waals surface area contributed by atoms with Crippen LogP contribution in [-0.4, -0.2) is 42.1 Å². The van der Waals surface area contributed by atoms with Crippen molar-refractivity contribution in [2.45, 2.75) is 13.0 Å². The third-order valence-electron chi connectivity index (χ3n) is 4.52. The lowest BCUT2D eigenvalue weighted by Crippen LogP contribution is -2.30. The molecule has 1 atom stereocenters. The number of carbonyl (C=O) groups excluding carboxylic acids is 2. The Balaban J connectivity index is 1.73. The Morgan fingerprint density at radius 3 is 2.41 bits per heavy atom. The molecule has 13 heteroatoms. The number of ether oxygens (including phenoxy) is 3. The lowest BCUT2D eigenvalue weighted by molar-refractivity contribution is -0.385. The first-order chi connectivity index (χ1) is 16.1. The maximum atomic E-state index is 13.4. The molecule has 3 aromatic rings. The first-order valence-electron chi connectivity index (χ1n) is 9.47. The number of hydrogen-bond acceptors (Lipinski definition) is 9. The quantitative estimate of drug-likeness (QED) is 0.281. The van der Waals surface area contributed by atoms with E-state index in [0.717, 1.165) is 35.6 Å². The second-order valence-corrected chi connectivity index (χ2v) is 7.54. The molecule has 0 aliphatic heterocycles. The molecule has 0 fully saturated rings. The molecule has 178 valence electrons. The lowest BCUT2D eigenvalue weighted by Gasteiger charge is -2.14. The van der Waals surface area contributed by atoms with Crippen LogP contribution in [-0.2, 0) is 9.53 Å². The molecule has 0 spiro atoms. The minimum atomic E-state index is -1.35. The number of anilines is 1. The maximum absolute atomic E-state index is 13.4. The van der Waals surface area contributed by atoms with E-state index in [1.54, 1.807) is 0 Å². The minimum Gasteiger partial charge on any atom is -0.493 e. The summed E-state index contributed by atoms with van der Waals surface area (Å²) in [4.78, 5) is 39.7. The Bertz CT molecular complexity index is 1270. The SMILES string of the molecule is COc1cc(C(=O)OC(C)C(=O)Nc2nc(-c3ccc(F)c(F)c3)cs2)c([N+](=O)[O-])cc1OC. The Hall–Kier alpha value is -4.13. The summed E-state index contributed by atoms with van der Waals surface area (Å²) < 4.78 is 41.7. The number of nitrogens with one attached hydrogen (secondary N) is 1. The molecular formula is C21H17F2N3O7S. The molecule has 1 heterocycles. The van der Waals surface area contributed by atoms with Gasteiger partial charge in [-0.1, -0.05) is 0 Å². The number of thiazole rings is 1. The first-order valence-corrected chi connectivity index (χ1v) is 10.4. The molecule has 0 radical (unpaired) electrons. The number of nitrogens with zero attached hydrogens (tertiary/aromatic N) is 2. The summed E-state index contributed by atoms with van der Waals surface area (Å²) in [5, 5.41) is 15.5. The number of nitro groups is 1. The fourth-order valence-corrected chi connectivity index (χ4v) is 3.51.